The van der Waals surface area contributed by atoms with Crippen molar-refractivity contribution in [2.75, 3.05) is 12.4 Å². The number of hydrogen-bond donors (Lipinski definition) is 2. The van der Waals surface area contributed by atoms with Crippen molar-refractivity contribution in [3.8, 4) is 5.75 Å². The minimum atomic E-state index is -0.484. The standard InChI is InChI=1S/C19H22N2O3S/c1-3-11-8-9-13-15(10-11)25-19(16(13)17(20)22)21-18(23)12-6-4-5-7-14(12)24-2/h4-7,11H,3,8-10H2,1-2H3,(H2,20,22)(H,21,23)/t11-/m0/s1. The molecule has 1 atom stereocenters. The maximum absolute atomic E-state index is 12.7. The zero-order chi connectivity index (χ0) is 18.0. The highest BCUT2D eigenvalue weighted by Crippen LogP contribution is 2.40. The third-order valence-corrected chi connectivity index (χ3v) is 5.94. The lowest BCUT2D eigenvalue weighted by atomic mass is 9.85. The Labute approximate surface area is 151 Å². The van der Waals surface area contributed by atoms with E-state index in [2.05, 4.69) is 12.2 Å². The number of thiophene rings is 1. The van der Waals surface area contributed by atoms with Crippen molar-refractivity contribution in [3.05, 3.63) is 45.8 Å². The molecule has 1 aliphatic rings. The van der Waals surface area contributed by atoms with Crippen molar-refractivity contribution in [3.63, 3.8) is 0 Å². The zero-order valence-electron chi connectivity index (χ0n) is 14.4. The molecule has 6 heteroatoms. The van der Waals surface area contributed by atoms with Crippen LogP contribution in [-0.4, -0.2) is 18.9 Å². The Morgan fingerprint density at radius 3 is 2.80 bits per heavy atom. The molecule has 132 valence electrons. The van der Waals surface area contributed by atoms with Gasteiger partial charge in [0.05, 0.1) is 18.2 Å². The van der Waals surface area contributed by atoms with Gasteiger partial charge in [0.25, 0.3) is 11.8 Å². The highest BCUT2D eigenvalue weighted by atomic mass is 32.1. The average molecular weight is 358 g/mol. The van der Waals surface area contributed by atoms with E-state index in [4.69, 9.17) is 10.5 Å². The number of ether oxygens (including phenoxy) is 1. The van der Waals surface area contributed by atoms with Gasteiger partial charge in [-0.2, -0.15) is 0 Å². The second kappa shape index (κ2) is 7.27. The van der Waals surface area contributed by atoms with E-state index in [9.17, 15) is 9.59 Å². The smallest absolute Gasteiger partial charge is 0.260 e. The fourth-order valence-electron chi connectivity index (χ4n) is 3.35. The second-order valence-corrected chi connectivity index (χ2v) is 7.35. The molecule has 0 spiro atoms. The lowest BCUT2D eigenvalue weighted by Gasteiger charge is -2.20. The molecule has 0 saturated carbocycles. The first-order chi connectivity index (χ1) is 12.0. The van der Waals surface area contributed by atoms with E-state index in [0.717, 1.165) is 31.2 Å². The number of methoxy groups -OCH3 is 1. The first-order valence-electron chi connectivity index (χ1n) is 8.43. The summed E-state index contributed by atoms with van der Waals surface area (Å²) in [5.41, 5.74) is 7.52. The number of amides is 2. The summed E-state index contributed by atoms with van der Waals surface area (Å²) < 4.78 is 5.24. The summed E-state index contributed by atoms with van der Waals surface area (Å²) >= 11 is 1.47. The number of para-hydroxylation sites is 1. The molecule has 0 fully saturated rings. The van der Waals surface area contributed by atoms with Gasteiger partial charge in [0.15, 0.2) is 0 Å². The maximum Gasteiger partial charge on any atom is 0.260 e. The van der Waals surface area contributed by atoms with Gasteiger partial charge in [-0.1, -0.05) is 25.5 Å². The summed E-state index contributed by atoms with van der Waals surface area (Å²) in [5.74, 6) is 0.339. The van der Waals surface area contributed by atoms with Gasteiger partial charge >= 0.3 is 0 Å². The highest BCUT2D eigenvalue weighted by Gasteiger charge is 2.28. The molecule has 0 bridgehead atoms. The summed E-state index contributed by atoms with van der Waals surface area (Å²) in [6.07, 6.45) is 3.96. The number of rotatable bonds is 5. The van der Waals surface area contributed by atoms with Crippen molar-refractivity contribution in [2.45, 2.75) is 32.6 Å². The van der Waals surface area contributed by atoms with Crippen molar-refractivity contribution < 1.29 is 14.3 Å². The number of primary amides is 1. The molecular weight excluding hydrogens is 336 g/mol. The summed E-state index contributed by atoms with van der Waals surface area (Å²) in [4.78, 5) is 25.8. The third-order valence-electron chi connectivity index (χ3n) is 4.77. The van der Waals surface area contributed by atoms with Crippen LogP contribution in [0.4, 0.5) is 5.00 Å². The van der Waals surface area contributed by atoms with Gasteiger partial charge < -0.3 is 15.8 Å². The number of carbonyl (C=O) groups is 2. The molecule has 2 amide bonds. The minimum absolute atomic E-state index is 0.300. The van der Waals surface area contributed by atoms with Crippen LogP contribution in [-0.2, 0) is 12.8 Å². The van der Waals surface area contributed by atoms with Crippen molar-refractivity contribution >= 4 is 28.2 Å². The first kappa shape index (κ1) is 17.5. The Hall–Kier alpha value is -2.34. The predicted molar refractivity (Wildman–Crippen MR) is 99.6 cm³/mol. The van der Waals surface area contributed by atoms with Gasteiger partial charge in [0, 0.05) is 4.88 Å². The lowest BCUT2D eigenvalue weighted by molar-refractivity contribution is 0.1000. The predicted octanol–water partition coefficient (Wildman–Crippen LogP) is 3.62. The van der Waals surface area contributed by atoms with Crippen molar-refractivity contribution in [1.82, 2.24) is 0 Å². The maximum atomic E-state index is 12.7. The van der Waals surface area contributed by atoms with Gasteiger partial charge in [0.2, 0.25) is 0 Å². The van der Waals surface area contributed by atoms with E-state index in [0.29, 0.717) is 27.8 Å². The van der Waals surface area contributed by atoms with E-state index >= 15 is 0 Å². The Balaban J connectivity index is 1.93. The van der Waals surface area contributed by atoms with Gasteiger partial charge in [-0.15, -0.1) is 11.3 Å². The number of hydrogen-bond acceptors (Lipinski definition) is 4. The van der Waals surface area contributed by atoms with E-state index in [1.807, 2.05) is 0 Å². The van der Waals surface area contributed by atoms with Crippen LogP contribution in [0.3, 0.4) is 0 Å². The molecule has 1 heterocycles. The number of fused-ring (bicyclic) bond motifs is 1. The van der Waals surface area contributed by atoms with Gasteiger partial charge in [-0.25, -0.2) is 0 Å². The molecule has 1 aromatic carbocycles. The van der Waals surface area contributed by atoms with Crippen LogP contribution >= 0.6 is 11.3 Å². The largest absolute Gasteiger partial charge is 0.496 e. The monoisotopic (exact) mass is 358 g/mol. The Morgan fingerprint density at radius 1 is 1.36 bits per heavy atom. The Kier molecular flexibility index (Phi) is 5.08. The Bertz CT molecular complexity index is 813. The number of carbonyl (C=O) groups excluding carboxylic acids is 2. The van der Waals surface area contributed by atoms with Crippen LogP contribution in [0.25, 0.3) is 0 Å². The second-order valence-electron chi connectivity index (χ2n) is 6.24. The highest BCUT2D eigenvalue weighted by molar-refractivity contribution is 7.17. The van der Waals surface area contributed by atoms with Crippen LogP contribution in [0.1, 0.15) is 50.9 Å². The summed E-state index contributed by atoms with van der Waals surface area (Å²) in [6, 6.07) is 7.00. The van der Waals surface area contributed by atoms with Crippen LogP contribution in [0, 0.1) is 5.92 Å². The topological polar surface area (TPSA) is 81.4 Å². The van der Waals surface area contributed by atoms with Crippen LogP contribution in [0.5, 0.6) is 5.75 Å². The molecule has 1 aromatic heterocycles. The molecule has 0 saturated heterocycles. The summed E-state index contributed by atoms with van der Waals surface area (Å²) in [5, 5.41) is 3.42. The molecule has 3 rings (SSSR count). The minimum Gasteiger partial charge on any atom is -0.496 e. The summed E-state index contributed by atoms with van der Waals surface area (Å²) in [7, 11) is 1.52. The molecule has 0 radical (unpaired) electrons. The zero-order valence-corrected chi connectivity index (χ0v) is 15.2. The van der Waals surface area contributed by atoms with Crippen LogP contribution in [0.2, 0.25) is 0 Å². The number of anilines is 1. The number of benzene rings is 1. The normalized spacial score (nSPS) is 16.2. The fraction of sp³-hybridized carbons (Fsp3) is 0.368. The molecule has 3 N–H and O–H groups in total. The Morgan fingerprint density at radius 2 is 2.12 bits per heavy atom. The van der Waals surface area contributed by atoms with E-state index in [-0.39, 0.29) is 5.91 Å². The first-order valence-corrected chi connectivity index (χ1v) is 9.25. The van der Waals surface area contributed by atoms with Crippen molar-refractivity contribution in [2.24, 2.45) is 11.7 Å². The molecule has 0 aliphatic heterocycles. The number of nitrogens with one attached hydrogen (secondary N) is 1. The summed E-state index contributed by atoms with van der Waals surface area (Å²) in [6.45, 7) is 2.18. The quantitative estimate of drug-likeness (QED) is 0.856. The molecule has 25 heavy (non-hydrogen) atoms. The molecule has 5 nitrogen and oxygen atoms in total. The average Bonchev–Trinajstić information content (AvgIpc) is 2.98. The van der Waals surface area contributed by atoms with E-state index < -0.39 is 5.91 Å². The SMILES string of the molecule is CC[C@H]1CCc2c(sc(NC(=O)c3ccccc3OC)c2C(N)=O)C1. The lowest BCUT2D eigenvalue weighted by Crippen LogP contribution is -2.20. The van der Waals surface area contributed by atoms with Gasteiger partial charge in [0.1, 0.15) is 10.8 Å². The number of nitrogens with two attached hydrogens (primary N) is 1. The van der Waals surface area contributed by atoms with Crippen LogP contribution in [0.15, 0.2) is 24.3 Å². The van der Waals surface area contributed by atoms with Gasteiger partial charge in [-0.3, -0.25) is 9.59 Å². The van der Waals surface area contributed by atoms with E-state index in [1.54, 1.807) is 24.3 Å². The van der Waals surface area contributed by atoms with E-state index in [1.165, 1.54) is 23.3 Å². The molecule has 0 unspecified atom stereocenters. The van der Waals surface area contributed by atoms with Crippen LogP contribution < -0.4 is 15.8 Å². The fourth-order valence-corrected chi connectivity index (χ4v) is 4.72. The van der Waals surface area contributed by atoms with Crippen molar-refractivity contribution in [1.29, 1.82) is 0 Å². The van der Waals surface area contributed by atoms with Gasteiger partial charge in [-0.05, 0) is 42.9 Å². The third kappa shape index (κ3) is 3.39. The molecule has 1 aliphatic carbocycles. The molecule has 2 aromatic rings. The molecular formula is C19H22N2O3S.